The minimum atomic E-state index is -2.64. The Morgan fingerprint density at radius 3 is 1.62 bits per heavy atom. The van der Waals surface area contributed by atoms with Gasteiger partial charge in [-0.1, -0.05) is 64.7 Å². The van der Waals surface area contributed by atoms with Gasteiger partial charge < -0.3 is 0 Å². The monoisotopic (exact) mass is 250 g/mol. The molecule has 0 fully saturated rings. The summed E-state index contributed by atoms with van der Waals surface area (Å²) in [6.07, 6.45) is 12.5. The Labute approximate surface area is 102 Å². The zero-order valence-electron chi connectivity index (χ0n) is 10.5. The highest BCUT2D eigenvalue weighted by Crippen LogP contribution is 2.10. The maximum absolute atomic E-state index is 10.1. The first-order valence-electron chi connectivity index (χ1n) is 6.54. The van der Waals surface area contributed by atoms with E-state index < -0.39 is 11.0 Å². The third kappa shape index (κ3) is 13.9. The summed E-state index contributed by atoms with van der Waals surface area (Å²) in [6, 6.07) is 0. The summed E-state index contributed by atoms with van der Waals surface area (Å²) < 4.78 is 24.6. The van der Waals surface area contributed by atoms with Crippen molar-refractivity contribution in [1.82, 2.24) is 0 Å². The number of unbranched alkanes of at least 4 members (excludes halogenated alkanes) is 9. The second-order valence-electron chi connectivity index (χ2n) is 4.24. The van der Waals surface area contributed by atoms with E-state index in [0.717, 1.165) is 12.8 Å². The summed E-state index contributed by atoms with van der Waals surface area (Å²) in [7, 11) is -2.64. The number of hydrogen-bond donors (Lipinski definition) is 1. The van der Waals surface area contributed by atoms with E-state index in [-0.39, 0.29) is 0 Å². The first-order valence-corrected chi connectivity index (χ1v) is 7.64. The van der Waals surface area contributed by atoms with Crippen LogP contribution in [0.25, 0.3) is 0 Å². The summed E-state index contributed by atoms with van der Waals surface area (Å²) in [5.41, 5.74) is 0. The molecule has 4 heteroatoms. The van der Waals surface area contributed by atoms with Crippen LogP contribution in [0.2, 0.25) is 0 Å². The highest BCUT2D eigenvalue weighted by molar-refractivity contribution is 7.67. The van der Waals surface area contributed by atoms with Gasteiger partial charge in [-0.15, -0.1) is 0 Å². The van der Waals surface area contributed by atoms with Crippen molar-refractivity contribution in [3.8, 4) is 0 Å². The minimum absolute atomic E-state index is 0.356. The number of thiol groups is 1. The fourth-order valence-electron chi connectivity index (χ4n) is 1.73. The molecule has 0 aromatic rings. The van der Waals surface area contributed by atoms with Crippen molar-refractivity contribution in [3.63, 3.8) is 0 Å². The molecule has 0 amide bonds. The standard InChI is InChI=1S/C12H26O3S/c1-2-3-4-5-6-7-8-9-10-11-12-15-16(13)14/h16H,2-12H2,1H3. The molecule has 0 aromatic heterocycles. The van der Waals surface area contributed by atoms with Gasteiger partial charge in [-0.2, -0.15) is 0 Å². The molecule has 0 saturated heterocycles. The zero-order chi connectivity index (χ0) is 12.1. The quantitative estimate of drug-likeness (QED) is 0.426. The lowest BCUT2D eigenvalue weighted by Crippen LogP contribution is -1.92. The first kappa shape index (κ1) is 15.9. The predicted octanol–water partition coefficient (Wildman–Crippen LogP) is 3.45. The van der Waals surface area contributed by atoms with E-state index in [1.807, 2.05) is 0 Å². The number of rotatable bonds is 12. The van der Waals surface area contributed by atoms with E-state index in [0.29, 0.717) is 6.61 Å². The van der Waals surface area contributed by atoms with Gasteiger partial charge in [0.25, 0.3) is 11.0 Å². The summed E-state index contributed by atoms with van der Waals surface area (Å²) in [5.74, 6) is 0. The predicted molar refractivity (Wildman–Crippen MR) is 68.1 cm³/mol. The highest BCUT2D eigenvalue weighted by atomic mass is 32.2. The molecule has 0 radical (unpaired) electrons. The van der Waals surface area contributed by atoms with E-state index >= 15 is 0 Å². The maximum Gasteiger partial charge on any atom is 0.257 e. The van der Waals surface area contributed by atoms with Crippen LogP contribution < -0.4 is 0 Å². The Kier molecular flexibility index (Phi) is 12.9. The van der Waals surface area contributed by atoms with Gasteiger partial charge in [0.2, 0.25) is 0 Å². The van der Waals surface area contributed by atoms with Crippen LogP contribution in [0, 0.1) is 0 Å². The molecule has 0 aliphatic rings. The molecule has 0 atom stereocenters. The van der Waals surface area contributed by atoms with Crippen molar-refractivity contribution in [2.45, 2.75) is 71.1 Å². The molecule has 0 saturated carbocycles. The van der Waals surface area contributed by atoms with Crippen molar-refractivity contribution >= 4 is 11.0 Å². The van der Waals surface area contributed by atoms with Crippen LogP contribution in [-0.4, -0.2) is 15.0 Å². The molecular weight excluding hydrogens is 224 g/mol. The highest BCUT2D eigenvalue weighted by Gasteiger charge is 1.93. The largest absolute Gasteiger partial charge is 0.272 e. The summed E-state index contributed by atoms with van der Waals surface area (Å²) in [4.78, 5) is 0. The van der Waals surface area contributed by atoms with Crippen molar-refractivity contribution in [2.24, 2.45) is 0 Å². The van der Waals surface area contributed by atoms with Crippen LogP contribution in [0.15, 0.2) is 0 Å². The van der Waals surface area contributed by atoms with Crippen molar-refractivity contribution < 1.29 is 12.6 Å². The summed E-state index contributed by atoms with van der Waals surface area (Å²) >= 11 is 0. The fourth-order valence-corrected chi connectivity index (χ4v) is 2.01. The van der Waals surface area contributed by atoms with Crippen LogP contribution in [0.4, 0.5) is 0 Å². The van der Waals surface area contributed by atoms with E-state index in [4.69, 9.17) is 0 Å². The molecule has 16 heavy (non-hydrogen) atoms. The van der Waals surface area contributed by atoms with E-state index in [1.54, 1.807) is 0 Å². The zero-order valence-corrected chi connectivity index (χ0v) is 11.3. The van der Waals surface area contributed by atoms with Crippen LogP contribution in [-0.2, 0) is 15.2 Å². The lowest BCUT2D eigenvalue weighted by atomic mass is 10.1. The maximum atomic E-state index is 10.1. The third-order valence-corrected chi connectivity index (χ3v) is 3.09. The molecule has 0 rings (SSSR count). The molecular formula is C12H26O3S. The molecule has 0 N–H and O–H groups in total. The van der Waals surface area contributed by atoms with Gasteiger partial charge in [0, 0.05) is 0 Å². The Balaban J connectivity index is 2.93. The molecule has 98 valence electrons. The van der Waals surface area contributed by atoms with Gasteiger partial charge in [0.05, 0.1) is 6.61 Å². The smallest absolute Gasteiger partial charge is 0.257 e. The van der Waals surface area contributed by atoms with Gasteiger partial charge in [0.15, 0.2) is 0 Å². The van der Waals surface area contributed by atoms with Crippen molar-refractivity contribution in [2.75, 3.05) is 6.61 Å². The minimum Gasteiger partial charge on any atom is -0.272 e. The van der Waals surface area contributed by atoms with E-state index in [2.05, 4.69) is 11.1 Å². The van der Waals surface area contributed by atoms with Gasteiger partial charge in [-0.3, -0.25) is 4.18 Å². The van der Waals surface area contributed by atoms with Crippen LogP contribution >= 0.6 is 0 Å². The SMILES string of the molecule is CCCCCCCCCCCCO[SH](=O)=O. The molecule has 0 spiro atoms. The van der Waals surface area contributed by atoms with Crippen molar-refractivity contribution in [1.29, 1.82) is 0 Å². The van der Waals surface area contributed by atoms with Crippen molar-refractivity contribution in [3.05, 3.63) is 0 Å². The van der Waals surface area contributed by atoms with Crippen LogP contribution in [0.5, 0.6) is 0 Å². The molecule has 0 unspecified atom stereocenters. The molecule has 0 aliphatic carbocycles. The molecule has 3 nitrogen and oxygen atoms in total. The normalized spacial score (nSPS) is 11.1. The molecule has 0 aliphatic heterocycles. The number of hydrogen-bond acceptors (Lipinski definition) is 3. The van der Waals surface area contributed by atoms with Gasteiger partial charge in [0.1, 0.15) is 0 Å². The van der Waals surface area contributed by atoms with E-state index in [9.17, 15) is 8.42 Å². The van der Waals surface area contributed by atoms with Gasteiger partial charge >= 0.3 is 0 Å². The van der Waals surface area contributed by atoms with Crippen LogP contribution in [0.3, 0.4) is 0 Å². The lowest BCUT2D eigenvalue weighted by molar-refractivity contribution is 0.319. The van der Waals surface area contributed by atoms with E-state index in [1.165, 1.54) is 51.4 Å². The summed E-state index contributed by atoms with van der Waals surface area (Å²) in [6.45, 7) is 2.59. The topological polar surface area (TPSA) is 43.4 Å². The molecule has 0 heterocycles. The Morgan fingerprint density at radius 2 is 1.19 bits per heavy atom. The average molecular weight is 250 g/mol. The van der Waals surface area contributed by atoms with Crippen LogP contribution in [0.1, 0.15) is 71.1 Å². The molecule has 0 aromatic carbocycles. The Morgan fingerprint density at radius 1 is 0.750 bits per heavy atom. The second kappa shape index (κ2) is 13.0. The Hall–Kier alpha value is -0.0900. The van der Waals surface area contributed by atoms with Gasteiger partial charge in [-0.05, 0) is 6.42 Å². The fraction of sp³-hybridized carbons (Fsp3) is 1.00. The lowest BCUT2D eigenvalue weighted by Gasteiger charge is -2.01. The third-order valence-electron chi connectivity index (χ3n) is 2.69. The first-order chi connectivity index (χ1) is 7.77. The van der Waals surface area contributed by atoms with Gasteiger partial charge in [-0.25, -0.2) is 8.42 Å². The average Bonchev–Trinajstić information content (AvgIpc) is 2.25. The summed E-state index contributed by atoms with van der Waals surface area (Å²) in [5, 5.41) is 0. The Bertz CT molecular complexity index is 194. The molecule has 0 bridgehead atoms. The second-order valence-corrected chi connectivity index (χ2v) is 4.94.